The van der Waals surface area contributed by atoms with E-state index < -0.39 is 0 Å². The van der Waals surface area contributed by atoms with Crippen molar-refractivity contribution in [3.63, 3.8) is 0 Å². The average molecular weight is 891 g/mol. The zero-order valence-corrected chi connectivity index (χ0v) is 42.2. The van der Waals surface area contributed by atoms with Crippen LogP contribution in [-0.2, 0) is 16.2 Å². The van der Waals surface area contributed by atoms with Crippen molar-refractivity contribution in [3.05, 3.63) is 192 Å². The molecule has 0 fully saturated rings. The maximum absolute atomic E-state index is 2.49. The highest BCUT2D eigenvalue weighted by molar-refractivity contribution is 6.34. The highest BCUT2D eigenvalue weighted by Crippen LogP contribution is 2.63. The fraction of sp³-hybridized carbons (Fsp3) is 0.217. The Morgan fingerprint density at radius 3 is 1.03 bits per heavy atom. The van der Waals surface area contributed by atoms with E-state index in [1.807, 2.05) is 0 Å². The molecular formula is C69H62. The van der Waals surface area contributed by atoms with Crippen LogP contribution in [0.15, 0.2) is 170 Å². The largest absolute Gasteiger partial charge is 0.0622 e. The second-order valence-corrected chi connectivity index (χ2v) is 23.5. The smallest absolute Gasteiger partial charge is 0.000740 e. The highest BCUT2D eigenvalue weighted by Gasteiger charge is 2.37. The Bertz CT molecular complexity index is 3620. The van der Waals surface area contributed by atoms with Gasteiger partial charge < -0.3 is 0 Å². The summed E-state index contributed by atoms with van der Waals surface area (Å²) in [5.41, 5.74) is 26.5. The minimum Gasteiger partial charge on any atom is -0.0622 e. The Hall–Kier alpha value is -7.02. The SMILES string of the molecule is CC(C)c1cc(-c2ccc(-c3cc(C(C)(C)C)cc(C(C)(C)C)c3)c3c2-c2ccc4c5c(ccc-3c25)-c2c-4c(-c3ccccc3)c3cc4ccccc4cc3c2-c2ccccc2)cc(C(C)(C)C)c1. The molecule has 0 heteroatoms. The quantitative estimate of drug-likeness (QED) is 0.151. The predicted molar refractivity (Wildman–Crippen MR) is 300 cm³/mol. The molecule has 0 atom stereocenters. The summed E-state index contributed by atoms with van der Waals surface area (Å²) in [5, 5.41) is 7.84. The molecule has 10 aromatic carbocycles. The molecule has 69 heavy (non-hydrogen) atoms. The first kappa shape index (κ1) is 43.3. The fourth-order valence-corrected chi connectivity index (χ4v) is 11.7. The molecule has 0 N–H and O–H groups in total. The molecule has 0 aromatic heterocycles. The number of benzene rings is 10. The molecule has 0 spiro atoms. The Labute approximate surface area is 409 Å². The van der Waals surface area contributed by atoms with Gasteiger partial charge in [-0.3, -0.25) is 0 Å². The van der Waals surface area contributed by atoms with Crippen molar-refractivity contribution in [2.24, 2.45) is 0 Å². The van der Waals surface area contributed by atoms with Crippen molar-refractivity contribution in [1.29, 1.82) is 0 Å². The van der Waals surface area contributed by atoms with Gasteiger partial charge in [0.2, 0.25) is 0 Å². The van der Waals surface area contributed by atoms with Crippen LogP contribution < -0.4 is 0 Å². The third kappa shape index (κ3) is 6.77. The Morgan fingerprint density at radius 1 is 0.290 bits per heavy atom. The van der Waals surface area contributed by atoms with Crippen LogP contribution in [0.5, 0.6) is 0 Å². The normalized spacial score (nSPS) is 13.0. The summed E-state index contributed by atoms with van der Waals surface area (Å²) >= 11 is 0. The van der Waals surface area contributed by atoms with E-state index in [1.165, 1.54) is 144 Å². The van der Waals surface area contributed by atoms with Crippen molar-refractivity contribution < 1.29 is 0 Å². The predicted octanol–water partition coefficient (Wildman–Crippen LogP) is 20.1. The standard InChI is InChI=1S/C69H62/c1-40(2)45-32-46(34-48(33-45)67(3,4)5)51-26-27-52(47-35-49(68(6,7)8)39-50(36-47)69(9,10)11)62-54-29-31-56-64-55(30-28-53(61(51)62)63(54)64)65-59(41-20-14-12-15-21-41)57-37-43-24-18-19-25-44(43)38-58(57)60(66(56)65)42-22-16-13-17-23-42/h12-40H,1-11H3. The summed E-state index contributed by atoms with van der Waals surface area (Å²) in [6, 6.07) is 65.9. The van der Waals surface area contributed by atoms with Crippen molar-refractivity contribution >= 4 is 32.3 Å². The van der Waals surface area contributed by atoms with Gasteiger partial charge in [-0.2, -0.15) is 0 Å². The maximum Gasteiger partial charge on any atom is -0.000740 e. The van der Waals surface area contributed by atoms with Crippen molar-refractivity contribution in [3.8, 4) is 89.0 Å². The first-order chi connectivity index (χ1) is 33.0. The minimum absolute atomic E-state index is 0.000857. The van der Waals surface area contributed by atoms with E-state index in [9.17, 15) is 0 Å². The number of hydrogen-bond acceptors (Lipinski definition) is 0. The van der Waals surface area contributed by atoms with Crippen LogP contribution in [0.25, 0.3) is 121 Å². The summed E-state index contributed by atoms with van der Waals surface area (Å²) in [4.78, 5) is 0. The zero-order valence-electron chi connectivity index (χ0n) is 42.2. The molecule has 2 aliphatic rings. The first-order valence-electron chi connectivity index (χ1n) is 25.2. The summed E-state index contributed by atoms with van der Waals surface area (Å²) in [5.74, 6) is 0.401. The van der Waals surface area contributed by atoms with Gasteiger partial charge in [-0.1, -0.05) is 234 Å². The molecule has 12 rings (SSSR count). The Balaban J connectivity index is 1.23. The van der Waals surface area contributed by atoms with E-state index in [2.05, 4.69) is 246 Å². The monoisotopic (exact) mass is 890 g/mol. The van der Waals surface area contributed by atoms with Gasteiger partial charge in [0.1, 0.15) is 0 Å². The molecule has 0 bridgehead atoms. The first-order valence-corrected chi connectivity index (χ1v) is 25.2. The summed E-state index contributed by atoms with van der Waals surface area (Å²) in [6.45, 7) is 25.8. The molecule has 0 unspecified atom stereocenters. The zero-order chi connectivity index (χ0) is 47.9. The molecule has 0 nitrogen and oxygen atoms in total. The van der Waals surface area contributed by atoms with Crippen LogP contribution in [0.3, 0.4) is 0 Å². The van der Waals surface area contributed by atoms with Gasteiger partial charge in [-0.15, -0.1) is 0 Å². The highest BCUT2D eigenvalue weighted by atomic mass is 14.4. The van der Waals surface area contributed by atoms with Gasteiger partial charge in [-0.25, -0.2) is 0 Å². The van der Waals surface area contributed by atoms with Gasteiger partial charge in [0.25, 0.3) is 0 Å². The summed E-state index contributed by atoms with van der Waals surface area (Å²) in [7, 11) is 0. The van der Waals surface area contributed by atoms with Gasteiger partial charge in [0, 0.05) is 0 Å². The number of hydrogen-bond donors (Lipinski definition) is 0. The maximum atomic E-state index is 2.49. The van der Waals surface area contributed by atoms with Crippen LogP contribution in [-0.4, -0.2) is 0 Å². The van der Waals surface area contributed by atoms with E-state index in [0.717, 1.165) is 0 Å². The lowest BCUT2D eigenvalue weighted by molar-refractivity contribution is 0.569. The second kappa shape index (κ2) is 15.2. The Morgan fingerprint density at radius 2 is 0.638 bits per heavy atom. The van der Waals surface area contributed by atoms with Gasteiger partial charge in [-0.05, 0) is 178 Å². The molecule has 0 aliphatic heterocycles. The second-order valence-electron chi connectivity index (χ2n) is 23.5. The van der Waals surface area contributed by atoms with E-state index in [-0.39, 0.29) is 16.2 Å². The number of fused-ring (bicyclic) bond motifs is 8. The lowest BCUT2D eigenvalue weighted by Gasteiger charge is -2.27. The molecule has 0 saturated heterocycles. The molecular weight excluding hydrogens is 829 g/mol. The van der Waals surface area contributed by atoms with Gasteiger partial charge >= 0.3 is 0 Å². The van der Waals surface area contributed by atoms with E-state index in [1.54, 1.807) is 0 Å². The lowest BCUT2D eigenvalue weighted by Crippen LogP contribution is -2.16. The molecule has 338 valence electrons. The van der Waals surface area contributed by atoms with Crippen LogP contribution in [0.4, 0.5) is 0 Å². The molecule has 10 aromatic rings. The van der Waals surface area contributed by atoms with Crippen molar-refractivity contribution in [1.82, 2.24) is 0 Å². The average Bonchev–Trinajstić information content (AvgIpc) is 3.84. The van der Waals surface area contributed by atoms with Gasteiger partial charge in [0.15, 0.2) is 0 Å². The van der Waals surface area contributed by atoms with E-state index in [0.29, 0.717) is 5.92 Å². The van der Waals surface area contributed by atoms with Crippen molar-refractivity contribution in [2.45, 2.75) is 98.3 Å². The molecule has 0 saturated carbocycles. The topological polar surface area (TPSA) is 0 Å². The Kier molecular flexibility index (Phi) is 9.56. The van der Waals surface area contributed by atoms with Crippen LogP contribution in [0, 0.1) is 0 Å². The third-order valence-corrected chi connectivity index (χ3v) is 15.5. The van der Waals surface area contributed by atoms with Crippen molar-refractivity contribution in [2.75, 3.05) is 0 Å². The molecule has 0 radical (unpaired) electrons. The summed E-state index contributed by atoms with van der Waals surface area (Å²) in [6.07, 6.45) is 0. The molecule has 2 aliphatic carbocycles. The third-order valence-electron chi connectivity index (χ3n) is 15.5. The summed E-state index contributed by atoms with van der Waals surface area (Å²) < 4.78 is 0. The number of rotatable bonds is 5. The van der Waals surface area contributed by atoms with Gasteiger partial charge in [0.05, 0.1) is 0 Å². The van der Waals surface area contributed by atoms with Crippen LogP contribution in [0.2, 0.25) is 0 Å². The van der Waals surface area contributed by atoms with E-state index >= 15 is 0 Å². The van der Waals surface area contributed by atoms with E-state index in [4.69, 9.17) is 0 Å². The minimum atomic E-state index is -0.0145. The lowest BCUT2D eigenvalue weighted by atomic mass is 9.77. The van der Waals surface area contributed by atoms with Crippen LogP contribution >= 0.6 is 0 Å². The molecule has 0 amide bonds. The molecule has 0 heterocycles. The fourth-order valence-electron chi connectivity index (χ4n) is 11.7. The van der Waals surface area contributed by atoms with Crippen LogP contribution in [0.1, 0.15) is 104 Å².